The number of ether oxygens (including phenoxy) is 1. The van der Waals surface area contributed by atoms with E-state index in [1.165, 1.54) is 23.5 Å². The number of carbonyl (C=O) groups is 2. The second-order valence-corrected chi connectivity index (χ2v) is 10.6. The molecule has 8 nitrogen and oxygen atoms in total. The molecule has 2 aromatic heterocycles. The Morgan fingerprint density at radius 1 is 1.05 bits per heavy atom. The number of anilines is 1. The van der Waals surface area contributed by atoms with Gasteiger partial charge >= 0.3 is 0 Å². The number of halogens is 1. The van der Waals surface area contributed by atoms with Crippen LogP contribution in [-0.2, 0) is 4.79 Å². The smallest absolute Gasteiger partial charge is 0.263 e. The average molecular weight is 556 g/mol. The highest BCUT2D eigenvalue weighted by atomic mass is 32.1. The SMILES string of the molecule is COc1ccc(C2C(NC(=O)c3scnc3C)C(C)C(=O)N2c2ccc3c(cnn3-c3ccc(F)cc3)c2)cc1. The zero-order valence-corrected chi connectivity index (χ0v) is 22.9. The predicted octanol–water partition coefficient (Wildman–Crippen LogP) is 5.46. The van der Waals surface area contributed by atoms with Crippen LogP contribution in [0.3, 0.4) is 0 Å². The molecule has 3 heterocycles. The Morgan fingerprint density at radius 3 is 2.45 bits per heavy atom. The molecule has 3 atom stereocenters. The van der Waals surface area contributed by atoms with Crippen molar-refractivity contribution in [2.24, 2.45) is 5.92 Å². The number of fused-ring (bicyclic) bond motifs is 1. The van der Waals surface area contributed by atoms with E-state index >= 15 is 0 Å². The minimum atomic E-state index is -0.493. The third-order valence-electron chi connectivity index (χ3n) is 7.39. The highest BCUT2D eigenvalue weighted by Gasteiger charge is 2.48. The zero-order chi connectivity index (χ0) is 28.0. The summed E-state index contributed by atoms with van der Waals surface area (Å²) >= 11 is 1.28. The number of benzene rings is 3. The topological polar surface area (TPSA) is 89.3 Å². The maximum atomic E-state index is 13.8. The normalized spacial score (nSPS) is 18.9. The van der Waals surface area contributed by atoms with Gasteiger partial charge in [-0.1, -0.05) is 19.1 Å². The Bertz CT molecular complexity index is 1710. The van der Waals surface area contributed by atoms with Crippen LogP contribution in [0.5, 0.6) is 5.75 Å². The van der Waals surface area contributed by atoms with Gasteiger partial charge in [0.05, 0.1) is 53.7 Å². The fourth-order valence-corrected chi connectivity index (χ4v) is 5.99. The van der Waals surface area contributed by atoms with Crippen molar-refractivity contribution in [2.75, 3.05) is 12.0 Å². The summed E-state index contributed by atoms with van der Waals surface area (Å²) in [7, 11) is 1.60. The summed E-state index contributed by atoms with van der Waals surface area (Å²) in [6, 6.07) is 18.4. The number of hydrogen-bond acceptors (Lipinski definition) is 6. The minimum Gasteiger partial charge on any atom is -0.497 e. The van der Waals surface area contributed by atoms with Gasteiger partial charge in [0, 0.05) is 11.1 Å². The van der Waals surface area contributed by atoms with Crippen molar-refractivity contribution in [1.82, 2.24) is 20.1 Å². The fraction of sp³-hybridized carbons (Fsp3) is 0.200. The molecule has 6 rings (SSSR count). The van der Waals surface area contributed by atoms with Crippen LogP contribution in [0.15, 0.2) is 78.4 Å². The Morgan fingerprint density at radius 2 is 1.77 bits per heavy atom. The highest BCUT2D eigenvalue weighted by molar-refractivity contribution is 7.11. The molecular formula is C30H26FN5O3S. The summed E-state index contributed by atoms with van der Waals surface area (Å²) in [6.07, 6.45) is 1.72. The van der Waals surface area contributed by atoms with Gasteiger partial charge in [-0.2, -0.15) is 5.10 Å². The van der Waals surface area contributed by atoms with Crippen molar-refractivity contribution in [1.29, 1.82) is 0 Å². The first-order valence-electron chi connectivity index (χ1n) is 12.8. The first-order valence-corrected chi connectivity index (χ1v) is 13.7. The number of methoxy groups -OCH3 is 1. The van der Waals surface area contributed by atoms with E-state index in [-0.39, 0.29) is 17.6 Å². The molecule has 1 saturated heterocycles. The summed E-state index contributed by atoms with van der Waals surface area (Å²) in [4.78, 5) is 33.6. The molecule has 3 unspecified atom stereocenters. The van der Waals surface area contributed by atoms with Crippen LogP contribution in [0, 0.1) is 18.7 Å². The number of aromatic nitrogens is 3. The van der Waals surface area contributed by atoms with Gasteiger partial charge in [-0.15, -0.1) is 11.3 Å². The standard InChI is InChI=1S/C30H26FN5O3S/c1-17-26(34-29(37)28-18(2)32-16-40-28)27(19-4-11-24(39-3)12-5-19)35(30(17)38)23-10-13-25-20(14-23)15-33-36(25)22-8-6-21(31)7-9-22/h4-17,26-27H,1-3H3,(H,34,37). The van der Waals surface area contributed by atoms with E-state index < -0.39 is 18.0 Å². The predicted molar refractivity (Wildman–Crippen MR) is 152 cm³/mol. The van der Waals surface area contributed by atoms with Gasteiger partial charge in [0.1, 0.15) is 16.4 Å². The van der Waals surface area contributed by atoms with E-state index in [0.29, 0.717) is 22.0 Å². The molecule has 3 aromatic carbocycles. The van der Waals surface area contributed by atoms with E-state index in [1.807, 2.05) is 49.4 Å². The lowest BCUT2D eigenvalue weighted by Crippen LogP contribution is -2.42. The minimum absolute atomic E-state index is 0.0996. The molecule has 5 aromatic rings. The van der Waals surface area contributed by atoms with Crippen LogP contribution in [0.2, 0.25) is 0 Å². The van der Waals surface area contributed by atoms with Crippen molar-refractivity contribution in [3.05, 3.63) is 100 Å². The van der Waals surface area contributed by atoms with Crippen LogP contribution in [-0.4, -0.2) is 39.7 Å². The Labute approximate surface area is 234 Å². The van der Waals surface area contributed by atoms with E-state index in [9.17, 15) is 14.0 Å². The first kappa shape index (κ1) is 25.7. The van der Waals surface area contributed by atoms with Crippen LogP contribution in [0.1, 0.15) is 33.9 Å². The van der Waals surface area contributed by atoms with Crippen molar-refractivity contribution < 1.29 is 18.7 Å². The van der Waals surface area contributed by atoms with Crippen LogP contribution < -0.4 is 15.0 Å². The molecule has 0 aliphatic carbocycles. The number of nitrogens with zero attached hydrogens (tertiary/aromatic N) is 4. The lowest BCUT2D eigenvalue weighted by molar-refractivity contribution is -0.120. The van der Waals surface area contributed by atoms with Crippen LogP contribution >= 0.6 is 11.3 Å². The second kappa shape index (κ2) is 10.2. The van der Waals surface area contributed by atoms with Gasteiger partial charge in [0.25, 0.3) is 5.91 Å². The summed E-state index contributed by atoms with van der Waals surface area (Å²) in [5, 5.41) is 8.46. The number of carbonyl (C=O) groups excluding carboxylic acids is 2. The largest absolute Gasteiger partial charge is 0.497 e. The molecule has 1 N–H and O–H groups in total. The maximum Gasteiger partial charge on any atom is 0.263 e. The fourth-order valence-electron chi connectivity index (χ4n) is 5.29. The Hall–Kier alpha value is -4.57. The molecule has 2 amide bonds. The number of nitrogens with one attached hydrogen (secondary N) is 1. The molecular weight excluding hydrogens is 529 g/mol. The van der Waals surface area contributed by atoms with Gasteiger partial charge < -0.3 is 15.0 Å². The molecule has 10 heteroatoms. The summed E-state index contributed by atoms with van der Waals surface area (Å²) in [5.74, 6) is -0.454. The van der Waals surface area contributed by atoms with Crippen molar-refractivity contribution >= 4 is 39.7 Å². The molecule has 1 aliphatic heterocycles. The van der Waals surface area contributed by atoms with Crippen LogP contribution in [0.25, 0.3) is 16.6 Å². The zero-order valence-electron chi connectivity index (χ0n) is 22.0. The molecule has 202 valence electrons. The molecule has 0 bridgehead atoms. The van der Waals surface area contributed by atoms with E-state index in [1.54, 1.807) is 47.5 Å². The summed E-state index contributed by atoms with van der Waals surface area (Å²) in [6.45, 7) is 3.64. The molecule has 1 fully saturated rings. The molecule has 40 heavy (non-hydrogen) atoms. The third-order valence-corrected chi connectivity index (χ3v) is 8.32. The van der Waals surface area contributed by atoms with Crippen molar-refractivity contribution in [3.63, 3.8) is 0 Å². The Balaban J connectivity index is 1.41. The highest BCUT2D eigenvalue weighted by Crippen LogP contribution is 2.42. The number of aryl methyl sites for hydroxylation is 1. The van der Waals surface area contributed by atoms with E-state index in [0.717, 1.165) is 22.2 Å². The van der Waals surface area contributed by atoms with Gasteiger partial charge in [-0.05, 0) is 67.1 Å². The lowest BCUT2D eigenvalue weighted by Gasteiger charge is -2.29. The van der Waals surface area contributed by atoms with Gasteiger partial charge in [0.15, 0.2) is 0 Å². The molecule has 1 aliphatic rings. The summed E-state index contributed by atoms with van der Waals surface area (Å²) < 4.78 is 20.5. The number of rotatable bonds is 6. The molecule has 0 saturated carbocycles. The van der Waals surface area contributed by atoms with Crippen LogP contribution in [0.4, 0.5) is 10.1 Å². The third kappa shape index (κ3) is 4.40. The quantitative estimate of drug-likeness (QED) is 0.301. The van der Waals surface area contributed by atoms with Crippen molar-refractivity contribution in [3.8, 4) is 11.4 Å². The second-order valence-electron chi connectivity index (χ2n) is 9.76. The molecule has 0 spiro atoms. The average Bonchev–Trinajstić information content (AvgIpc) is 3.66. The lowest BCUT2D eigenvalue weighted by atomic mass is 9.94. The Kier molecular flexibility index (Phi) is 6.55. The maximum absolute atomic E-state index is 13.8. The monoisotopic (exact) mass is 555 g/mol. The van der Waals surface area contributed by atoms with Gasteiger partial charge in [-0.25, -0.2) is 14.1 Å². The first-order chi connectivity index (χ1) is 19.4. The van der Waals surface area contributed by atoms with E-state index in [2.05, 4.69) is 15.4 Å². The van der Waals surface area contributed by atoms with Crippen molar-refractivity contribution in [2.45, 2.75) is 25.9 Å². The number of amides is 2. The number of thiazole rings is 1. The van der Waals surface area contributed by atoms with Gasteiger partial charge in [-0.3, -0.25) is 9.59 Å². The molecule has 0 radical (unpaired) electrons. The summed E-state index contributed by atoms with van der Waals surface area (Å²) in [5.41, 5.74) is 5.40. The van der Waals surface area contributed by atoms with Gasteiger partial charge in [0.2, 0.25) is 5.91 Å². The number of hydrogen-bond donors (Lipinski definition) is 1. The van der Waals surface area contributed by atoms with E-state index in [4.69, 9.17) is 4.74 Å².